The molecule has 0 amide bonds. The molecule has 2 atom stereocenters. The number of carboxylic acids is 1. The van der Waals surface area contributed by atoms with Crippen LogP contribution in [0.2, 0.25) is 0 Å². The summed E-state index contributed by atoms with van der Waals surface area (Å²) >= 11 is 0. The van der Waals surface area contributed by atoms with Gasteiger partial charge >= 0.3 is 5.97 Å². The Morgan fingerprint density at radius 1 is 0.920 bits per heavy atom. The maximum absolute atomic E-state index is 10.6. The van der Waals surface area contributed by atoms with Gasteiger partial charge in [-0.15, -0.1) is 0 Å². The Bertz CT molecular complexity index is 301. The zero-order chi connectivity index (χ0) is 18.8. The number of hydrogen-bond donors (Lipinski definition) is 3. The second-order valence-electron chi connectivity index (χ2n) is 7.20. The third-order valence-corrected chi connectivity index (χ3v) is 4.62. The van der Waals surface area contributed by atoms with Crippen LogP contribution in [0.3, 0.4) is 0 Å². The zero-order valence-corrected chi connectivity index (χ0v) is 16.4. The summed E-state index contributed by atoms with van der Waals surface area (Å²) in [5.74, 6) is -0.713. The molecule has 0 radical (unpaired) electrons. The third-order valence-electron chi connectivity index (χ3n) is 4.62. The van der Waals surface area contributed by atoms with Gasteiger partial charge in [0.1, 0.15) is 0 Å². The minimum absolute atomic E-state index is 0.0811. The van der Waals surface area contributed by atoms with Gasteiger partial charge in [0.15, 0.2) is 0 Å². The SMILES string of the molecule is CCCCCCCCC(CCCCC(=O)O)OCC(N)CCCCN. The lowest BCUT2D eigenvalue weighted by atomic mass is 10.0. The van der Waals surface area contributed by atoms with Gasteiger partial charge < -0.3 is 21.3 Å². The molecule has 150 valence electrons. The number of aliphatic carboxylic acids is 1. The van der Waals surface area contributed by atoms with Gasteiger partial charge in [-0.2, -0.15) is 0 Å². The van der Waals surface area contributed by atoms with E-state index in [-0.39, 0.29) is 18.6 Å². The van der Waals surface area contributed by atoms with Crippen LogP contribution in [0.5, 0.6) is 0 Å². The van der Waals surface area contributed by atoms with Gasteiger partial charge in [0.25, 0.3) is 0 Å². The molecule has 0 rings (SSSR count). The molecule has 5 N–H and O–H groups in total. The predicted molar refractivity (Wildman–Crippen MR) is 105 cm³/mol. The number of unbranched alkanes of at least 4 members (excludes halogenated alkanes) is 7. The van der Waals surface area contributed by atoms with E-state index in [9.17, 15) is 4.79 Å². The largest absolute Gasteiger partial charge is 0.481 e. The highest BCUT2D eigenvalue weighted by Crippen LogP contribution is 2.16. The first-order valence-corrected chi connectivity index (χ1v) is 10.4. The Hall–Kier alpha value is -0.650. The molecule has 0 aliphatic heterocycles. The standard InChI is InChI=1S/C20H42N2O3/c1-2-3-4-5-6-7-13-19(14-8-9-15-20(23)24)25-17-18(22)12-10-11-16-21/h18-19H,2-17,21-22H2,1H3,(H,23,24). The van der Waals surface area contributed by atoms with E-state index < -0.39 is 5.97 Å². The Kier molecular flexibility index (Phi) is 17.7. The number of ether oxygens (including phenoxy) is 1. The summed E-state index contributed by atoms with van der Waals surface area (Å²) in [6, 6.07) is 0.0811. The van der Waals surface area contributed by atoms with Crippen LogP contribution in [-0.4, -0.2) is 36.4 Å². The molecule has 2 unspecified atom stereocenters. The van der Waals surface area contributed by atoms with Crippen molar-refractivity contribution in [2.75, 3.05) is 13.2 Å². The minimum Gasteiger partial charge on any atom is -0.481 e. The van der Waals surface area contributed by atoms with Crippen molar-refractivity contribution in [2.24, 2.45) is 11.5 Å². The average Bonchev–Trinajstić information content (AvgIpc) is 2.58. The monoisotopic (exact) mass is 358 g/mol. The molecule has 0 aliphatic carbocycles. The number of carboxylic acid groups (broad SMARTS) is 1. The van der Waals surface area contributed by atoms with Crippen LogP contribution < -0.4 is 11.5 Å². The van der Waals surface area contributed by atoms with Crippen LogP contribution in [-0.2, 0) is 9.53 Å². The third kappa shape index (κ3) is 18.0. The van der Waals surface area contributed by atoms with Crippen molar-refractivity contribution in [3.63, 3.8) is 0 Å². The molecule has 0 bridgehead atoms. The first-order valence-electron chi connectivity index (χ1n) is 10.4. The molecule has 5 nitrogen and oxygen atoms in total. The Morgan fingerprint density at radius 3 is 2.16 bits per heavy atom. The summed E-state index contributed by atoms with van der Waals surface area (Å²) < 4.78 is 6.07. The lowest BCUT2D eigenvalue weighted by molar-refractivity contribution is -0.137. The summed E-state index contributed by atoms with van der Waals surface area (Å²) in [5.41, 5.74) is 11.6. The van der Waals surface area contributed by atoms with Gasteiger partial charge in [-0.3, -0.25) is 4.79 Å². The van der Waals surface area contributed by atoms with Crippen LogP contribution in [0, 0.1) is 0 Å². The first kappa shape index (κ1) is 24.4. The highest BCUT2D eigenvalue weighted by molar-refractivity contribution is 5.66. The Balaban J connectivity index is 3.98. The molecular formula is C20H42N2O3. The molecule has 0 spiro atoms. The summed E-state index contributed by atoms with van der Waals surface area (Å²) in [6.45, 7) is 3.56. The molecule has 25 heavy (non-hydrogen) atoms. The lowest BCUT2D eigenvalue weighted by Gasteiger charge is -2.20. The summed E-state index contributed by atoms with van der Waals surface area (Å²) in [6.07, 6.45) is 14.8. The molecule has 0 aromatic heterocycles. The second-order valence-corrected chi connectivity index (χ2v) is 7.20. The Morgan fingerprint density at radius 2 is 1.52 bits per heavy atom. The first-order chi connectivity index (χ1) is 12.1. The Labute approximate surface area is 154 Å². The van der Waals surface area contributed by atoms with E-state index >= 15 is 0 Å². The summed E-state index contributed by atoms with van der Waals surface area (Å²) in [7, 11) is 0. The summed E-state index contributed by atoms with van der Waals surface area (Å²) in [4.78, 5) is 10.6. The van der Waals surface area contributed by atoms with Crippen molar-refractivity contribution < 1.29 is 14.6 Å². The van der Waals surface area contributed by atoms with E-state index in [2.05, 4.69) is 6.92 Å². The van der Waals surface area contributed by atoms with Crippen molar-refractivity contribution in [2.45, 2.75) is 109 Å². The van der Waals surface area contributed by atoms with Crippen LogP contribution in [0.15, 0.2) is 0 Å². The normalized spacial score (nSPS) is 13.7. The smallest absolute Gasteiger partial charge is 0.303 e. The van der Waals surface area contributed by atoms with Crippen LogP contribution in [0.4, 0.5) is 0 Å². The van der Waals surface area contributed by atoms with Crippen molar-refractivity contribution in [3.05, 3.63) is 0 Å². The van der Waals surface area contributed by atoms with E-state index in [1.807, 2.05) is 0 Å². The fourth-order valence-corrected chi connectivity index (χ4v) is 3.01. The fourth-order valence-electron chi connectivity index (χ4n) is 3.01. The highest BCUT2D eigenvalue weighted by Gasteiger charge is 2.12. The maximum Gasteiger partial charge on any atom is 0.303 e. The van der Waals surface area contributed by atoms with Gasteiger partial charge in [0.2, 0.25) is 0 Å². The topological polar surface area (TPSA) is 98.6 Å². The second kappa shape index (κ2) is 18.2. The fraction of sp³-hybridized carbons (Fsp3) is 0.950. The zero-order valence-electron chi connectivity index (χ0n) is 16.4. The molecule has 0 aromatic rings. The predicted octanol–water partition coefficient (Wildman–Crippen LogP) is 4.22. The molecule has 0 saturated carbocycles. The lowest BCUT2D eigenvalue weighted by Crippen LogP contribution is -2.29. The van der Waals surface area contributed by atoms with Crippen molar-refractivity contribution in [1.29, 1.82) is 0 Å². The quantitative estimate of drug-likeness (QED) is 0.300. The molecule has 0 saturated heterocycles. The van der Waals surface area contributed by atoms with Gasteiger partial charge in [0.05, 0.1) is 12.7 Å². The van der Waals surface area contributed by atoms with Crippen molar-refractivity contribution in [1.82, 2.24) is 0 Å². The van der Waals surface area contributed by atoms with Gasteiger partial charge in [-0.1, -0.05) is 58.3 Å². The minimum atomic E-state index is -0.713. The maximum atomic E-state index is 10.6. The number of rotatable bonds is 19. The van der Waals surface area contributed by atoms with Gasteiger partial charge in [0, 0.05) is 12.5 Å². The van der Waals surface area contributed by atoms with E-state index in [4.69, 9.17) is 21.3 Å². The molecular weight excluding hydrogens is 316 g/mol. The molecule has 0 fully saturated rings. The highest BCUT2D eigenvalue weighted by atomic mass is 16.5. The van der Waals surface area contributed by atoms with E-state index in [1.165, 1.54) is 38.5 Å². The van der Waals surface area contributed by atoms with E-state index in [0.29, 0.717) is 6.61 Å². The summed E-state index contributed by atoms with van der Waals surface area (Å²) in [5, 5.41) is 8.75. The van der Waals surface area contributed by atoms with Gasteiger partial charge in [-0.25, -0.2) is 0 Å². The molecule has 0 aromatic carbocycles. The van der Waals surface area contributed by atoms with E-state index in [1.54, 1.807) is 0 Å². The number of hydrogen-bond acceptors (Lipinski definition) is 4. The van der Waals surface area contributed by atoms with Crippen LogP contribution in [0.1, 0.15) is 96.8 Å². The molecule has 0 aliphatic rings. The number of carbonyl (C=O) groups is 1. The van der Waals surface area contributed by atoms with Crippen LogP contribution in [0.25, 0.3) is 0 Å². The van der Waals surface area contributed by atoms with Gasteiger partial charge in [-0.05, 0) is 38.6 Å². The van der Waals surface area contributed by atoms with Crippen molar-refractivity contribution in [3.8, 4) is 0 Å². The van der Waals surface area contributed by atoms with Crippen molar-refractivity contribution >= 4 is 5.97 Å². The molecule has 5 heteroatoms. The molecule has 0 heterocycles. The van der Waals surface area contributed by atoms with Crippen LogP contribution >= 0.6 is 0 Å². The van der Waals surface area contributed by atoms with E-state index in [0.717, 1.165) is 51.5 Å². The number of nitrogens with two attached hydrogens (primary N) is 2. The average molecular weight is 359 g/mol.